The third-order valence-electron chi connectivity index (χ3n) is 2.56. The molecular formula is C14H15N3O2S. The zero-order valence-corrected chi connectivity index (χ0v) is 11.9. The summed E-state index contributed by atoms with van der Waals surface area (Å²) in [5, 5.41) is 7.31. The van der Waals surface area contributed by atoms with E-state index < -0.39 is 0 Å². The van der Waals surface area contributed by atoms with Gasteiger partial charge in [-0.05, 0) is 12.5 Å². The van der Waals surface area contributed by atoms with Crippen molar-refractivity contribution in [3.63, 3.8) is 0 Å². The van der Waals surface area contributed by atoms with E-state index in [9.17, 15) is 9.59 Å². The number of thiazole rings is 1. The van der Waals surface area contributed by atoms with Crippen LogP contribution >= 0.6 is 11.3 Å². The van der Waals surface area contributed by atoms with Crippen molar-refractivity contribution in [2.75, 3.05) is 6.54 Å². The highest BCUT2D eigenvalue weighted by Crippen LogP contribution is 2.10. The largest absolute Gasteiger partial charge is 0.350 e. The van der Waals surface area contributed by atoms with Gasteiger partial charge in [0.25, 0.3) is 11.8 Å². The molecule has 0 aliphatic heterocycles. The number of aromatic nitrogens is 1. The van der Waals surface area contributed by atoms with Gasteiger partial charge in [-0.2, -0.15) is 0 Å². The lowest BCUT2D eigenvalue weighted by molar-refractivity contribution is 0.0946. The maximum atomic E-state index is 11.9. The molecule has 6 heteroatoms. The van der Waals surface area contributed by atoms with Crippen molar-refractivity contribution in [3.05, 3.63) is 52.0 Å². The Morgan fingerprint density at radius 3 is 2.60 bits per heavy atom. The predicted octanol–water partition coefficient (Wildman–Crippen LogP) is 1.82. The van der Waals surface area contributed by atoms with Crippen molar-refractivity contribution < 1.29 is 9.59 Å². The normalized spacial score (nSPS) is 10.1. The van der Waals surface area contributed by atoms with Gasteiger partial charge in [0.15, 0.2) is 5.01 Å². The number of rotatable bonds is 5. The van der Waals surface area contributed by atoms with Crippen LogP contribution < -0.4 is 10.6 Å². The smallest absolute Gasteiger partial charge is 0.280 e. The number of amides is 2. The molecule has 104 valence electrons. The van der Waals surface area contributed by atoms with E-state index in [0.29, 0.717) is 18.1 Å². The first-order valence-corrected chi connectivity index (χ1v) is 7.14. The number of carbonyl (C=O) groups excluding carboxylic acids is 2. The van der Waals surface area contributed by atoms with Crippen LogP contribution in [0.3, 0.4) is 0 Å². The fourth-order valence-corrected chi connectivity index (χ4v) is 2.30. The van der Waals surface area contributed by atoms with Crippen LogP contribution in [0.4, 0.5) is 0 Å². The van der Waals surface area contributed by atoms with Crippen LogP contribution in [0.25, 0.3) is 0 Å². The summed E-state index contributed by atoms with van der Waals surface area (Å²) in [5.74, 6) is -0.528. The molecule has 0 fully saturated rings. The molecule has 0 aliphatic carbocycles. The number of hydrogen-bond acceptors (Lipinski definition) is 4. The second-order valence-corrected chi connectivity index (χ2v) is 4.92. The number of carbonyl (C=O) groups is 2. The highest BCUT2D eigenvalue weighted by molar-refractivity contribution is 7.11. The highest BCUT2D eigenvalue weighted by atomic mass is 32.1. The minimum Gasteiger partial charge on any atom is -0.350 e. The minimum atomic E-state index is -0.277. The molecule has 2 aromatic rings. The lowest BCUT2D eigenvalue weighted by Gasteiger charge is -2.02. The first kappa shape index (κ1) is 14.2. The van der Waals surface area contributed by atoms with E-state index in [0.717, 1.165) is 16.9 Å². The Hall–Kier alpha value is -2.21. The number of nitrogens with one attached hydrogen (secondary N) is 2. The van der Waals surface area contributed by atoms with E-state index in [-0.39, 0.29) is 17.5 Å². The molecule has 0 bridgehead atoms. The standard InChI is InChI=1S/C14H15N3O2S/c1-2-15-13(19)14-17-11(9-20-14)12(18)16-8-10-6-4-3-5-7-10/h3-7,9H,2,8H2,1H3,(H,15,19)(H,16,18). The first-order chi connectivity index (χ1) is 9.70. The Kier molecular flexibility index (Phi) is 4.84. The molecule has 5 nitrogen and oxygen atoms in total. The SMILES string of the molecule is CCNC(=O)c1nc(C(=O)NCc2ccccc2)cs1. The lowest BCUT2D eigenvalue weighted by atomic mass is 10.2. The second kappa shape index (κ2) is 6.81. The van der Waals surface area contributed by atoms with Gasteiger partial charge in [-0.25, -0.2) is 4.98 Å². The summed E-state index contributed by atoms with van der Waals surface area (Å²) in [6.45, 7) is 2.81. The van der Waals surface area contributed by atoms with Gasteiger partial charge in [0.1, 0.15) is 5.69 Å². The molecule has 1 aromatic carbocycles. The monoisotopic (exact) mass is 289 g/mol. The molecule has 0 spiro atoms. The van der Waals surface area contributed by atoms with Crippen molar-refractivity contribution in [3.8, 4) is 0 Å². The van der Waals surface area contributed by atoms with E-state index in [4.69, 9.17) is 0 Å². The Morgan fingerprint density at radius 1 is 1.15 bits per heavy atom. The lowest BCUT2D eigenvalue weighted by Crippen LogP contribution is -2.25. The van der Waals surface area contributed by atoms with Crippen LogP contribution in [-0.4, -0.2) is 23.3 Å². The van der Waals surface area contributed by atoms with E-state index in [1.54, 1.807) is 5.38 Å². The Bertz CT molecular complexity index is 595. The fraction of sp³-hybridized carbons (Fsp3) is 0.214. The van der Waals surface area contributed by atoms with Crippen LogP contribution in [0.5, 0.6) is 0 Å². The summed E-state index contributed by atoms with van der Waals surface area (Å²) < 4.78 is 0. The molecular weight excluding hydrogens is 274 g/mol. The summed E-state index contributed by atoms with van der Waals surface area (Å²) in [6, 6.07) is 9.61. The van der Waals surface area contributed by atoms with E-state index in [1.807, 2.05) is 37.3 Å². The van der Waals surface area contributed by atoms with Gasteiger partial charge in [-0.3, -0.25) is 9.59 Å². The van der Waals surface area contributed by atoms with Gasteiger partial charge >= 0.3 is 0 Å². The maximum Gasteiger partial charge on any atom is 0.280 e. The number of benzene rings is 1. The van der Waals surface area contributed by atoms with Gasteiger partial charge in [0.05, 0.1) is 0 Å². The summed E-state index contributed by atoms with van der Waals surface area (Å²) in [7, 11) is 0. The molecule has 0 saturated heterocycles. The summed E-state index contributed by atoms with van der Waals surface area (Å²) in [5.41, 5.74) is 1.28. The highest BCUT2D eigenvalue weighted by Gasteiger charge is 2.14. The Balaban J connectivity index is 1.94. The molecule has 0 atom stereocenters. The van der Waals surface area contributed by atoms with Gasteiger partial charge in [-0.15, -0.1) is 11.3 Å². The van der Waals surface area contributed by atoms with Gasteiger partial charge < -0.3 is 10.6 Å². The molecule has 2 N–H and O–H groups in total. The maximum absolute atomic E-state index is 11.9. The molecule has 1 aromatic heterocycles. The summed E-state index contributed by atoms with van der Waals surface area (Å²) in [4.78, 5) is 27.5. The number of nitrogens with zero attached hydrogens (tertiary/aromatic N) is 1. The third-order valence-corrected chi connectivity index (χ3v) is 3.41. The minimum absolute atomic E-state index is 0.250. The molecule has 1 heterocycles. The first-order valence-electron chi connectivity index (χ1n) is 6.26. The molecule has 0 radical (unpaired) electrons. The summed E-state index contributed by atoms with van der Waals surface area (Å²) >= 11 is 1.16. The predicted molar refractivity (Wildman–Crippen MR) is 77.7 cm³/mol. The zero-order chi connectivity index (χ0) is 14.4. The molecule has 20 heavy (non-hydrogen) atoms. The van der Waals surface area contributed by atoms with Gasteiger partial charge in [0, 0.05) is 18.5 Å². The van der Waals surface area contributed by atoms with Gasteiger partial charge in [0.2, 0.25) is 0 Å². The molecule has 0 saturated carbocycles. The molecule has 0 aliphatic rings. The van der Waals surface area contributed by atoms with Crippen molar-refractivity contribution in [2.24, 2.45) is 0 Å². The average molecular weight is 289 g/mol. The Morgan fingerprint density at radius 2 is 1.90 bits per heavy atom. The van der Waals surface area contributed by atoms with E-state index >= 15 is 0 Å². The van der Waals surface area contributed by atoms with Gasteiger partial charge in [-0.1, -0.05) is 30.3 Å². The fourth-order valence-electron chi connectivity index (χ4n) is 1.59. The topological polar surface area (TPSA) is 71.1 Å². The molecule has 2 rings (SSSR count). The van der Waals surface area contributed by atoms with Crippen LogP contribution in [0.15, 0.2) is 35.7 Å². The van der Waals surface area contributed by atoms with Crippen LogP contribution in [0.1, 0.15) is 32.8 Å². The summed E-state index contributed by atoms with van der Waals surface area (Å²) in [6.07, 6.45) is 0. The van der Waals surface area contributed by atoms with Crippen molar-refractivity contribution in [1.82, 2.24) is 15.6 Å². The van der Waals surface area contributed by atoms with E-state index in [1.165, 1.54) is 0 Å². The molecule has 2 amide bonds. The van der Waals surface area contributed by atoms with Crippen LogP contribution in [0.2, 0.25) is 0 Å². The zero-order valence-electron chi connectivity index (χ0n) is 11.1. The number of hydrogen-bond donors (Lipinski definition) is 2. The van der Waals surface area contributed by atoms with Crippen molar-refractivity contribution in [1.29, 1.82) is 0 Å². The third kappa shape index (κ3) is 3.64. The van der Waals surface area contributed by atoms with Crippen LogP contribution in [0, 0.1) is 0 Å². The van der Waals surface area contributed by atoms with Crippen molar-refractivity contribution in [2.45, 2.75) is 13.5 Å². The quantitative estimate of drug-likeness (QED) is 0.882. The Labute approximate surface area is 121 Å². The van der Waals surface area contributed by atoms with Crippen molar-refractivity contribution >= 4 is 23.2 Å². The van der Waals surface area contributed by atoms with Crippen LogP contribution in [-0.2, 0) is 6.54 Å². The average Bonchev–Trinajstić information content (AvgIpc) is 2.96. The molecule has 0 unspecified atom stereocenters. The van der Waals surface area contributed by atoms with E-state index in [2.05, 4.69) is 15.6 Å². The second-order valence-electron chi connectivity index (χ2n) is 4.07.